The molecule has 0 aliphatic carbocycles. The lowest BCUT2D eigenvalue weighted by molar-refractivity contribution is -0.255. The van der Waals surface area contributed by atoms with E-state index in [0.29, 0.717) is 45.8 Å². The fourth-order valence-corrected chi connectivity index (χ4v) is 3.42. The molecule has 2 aliphatic rings. The van der Waals surface area contributed by atoms with Gasteiger partial charge in [-0.15, -0.1) is 0 Å². The first-order valence-electron chi connectivity index (χ1n) is 9.52. The van der Waals surface area contributed by atoms with Crippen molar-refractivity contribution in [2.45, 2.75) is 45.6 Å². The van der Waals surface area contributed by atoms with Crippen molar-refractivity contribution in [2.75, 3.05) is 32.8 Å². The Hall–Kier alpha value is -1.41. The molecular formula is C20H28ClFN2O4. The monoisotopic (exact) mass is 414 g/mol. The number of carbonyl (C=O) groups is 1. The lowest BCUT2D eigenvalue weighted by Crippen LogP contribution is -2.65. The van der Waals surface area contributed by atoms with Crippen LogP contribution in [0.3, 0.4) is 0 Å². The van der Waals surface area contributed by atoms with E-state index in [9.17, 15) is 9.18 Å². The molecule has 0 radical (unpaired) electrons. The number of amides is 1. The number of benzene rings is 1. The summed E-state index contributed by atoms with van der Waals surface area (Å²) in [5.74, 6) is -0.411. The zero-order chi connectivity index (χ0) is 20.4. The smallest absolute Gasteiger partial charge is 0.410 e. The highest BCUT2D eigenvalue weighted by Crippen LogP contribution is 2.36. The van der Waals surface area contributed by atoms with Gasteiger partial charge in [0.2, 0.25) is 0 Å². The SMILES string of the molecule is CC(C)(C)OC(=O)N1CC2(COC(CCNCc3ccc(Cl)c(F)c3)OC2)C1. The second-order valence-electron chi connectivity index (χ2n) is 8.60. The average Bonchev–Trinajstić information content (AvgIpc) is 2.59. The largest absolute Gasteiger partial charge is 0.444 e. The molecule has 28 heavy (non-hydrogen) atoms. The van der Waals surface area contributed by atoms with Gasteiger partial charge in [-0.1, -0.05) is 17.7 Å². The van der Waals surface area contributed by atoms with Crippen molar-refractivity contribution in [3.8, 4) is 0 Å². The summed E-state index contributed by atoms with van der Waals surface area (Å²) in [7, 11) is 0. The minimum atomic E-state index is -0.491. The van der Waals surface area contributed by atoms with E-state index < -0.39 is 11.4 Å². The third-order valence-electron chi connectivity index (χ3n) is 4.73. The quantitative estimate of drug-likeness (QED) is 0.746. The molecule has 2 saturated heterocycles. The molecular weight excluding hydrogens is 387 g/mol. The number of likely N-dealkylation sites (tertiary alicyclic amines) is 1. The van der Waals surface area contributed by atoms with Crippen LogP contribution < -0.4 is 5.32 Å². The minimum Gasteiger partial charge on any atom is -0.444 e. The molecule has 1 amide bonds. The molecule has 0 saturated carbocycles. The van der Waals surface area contributed by atoms with E-state index in [1.807, 2.05) is 20.8 Å². The van der Waals surface area contributed by atoms with Crippen LogP contribution in [0.1, 0.15) is 32.8 Å². The number of nitrogens with zero attached hydrogens (tertiary/aromatic N) is 1. The second-order valence-corrected chi connectivity index (χ2v) is 9.01. The van der Waals surface area contributed by atoms with Crippen molar-refractivity contribution < 1.29 is 23.4 Å². The van der Waals surface area contributed by atoms with Crippen molar-refractivity contribution in [1.29, 1.82) is 0 Å². The highest BCUT2D eigenvalue weighted by molar-refractivity contribution is 6.30. The van der Waals surface area contributed by atoms with E-state index in [4.69, 9.17) is 25.8 Å². The van der Waals surface area contributed by atoms with E-state index in [-0.39, 0.29) is 22.8 Å². The minimum absolute atomic E-state index is 0.123. The molecule has 156 valence electrons. The zero-order valence-electron chi connectivity index (χ0n) is 16.6. The first-order valence-corrected chi connectivity index (χ1v) is 9.89. The summed E-state index contributed by atoms with van der Waals surface area (Å²) in [6.07, 6.45) is 0.140. The molecule has 2 heterocycles. The first-order chi connectivity index (χ1) is 13.2. The van der Waals surface area contributed by atoms with E-state index >= 15 is 0 Å². The van der Waals surface area contributed by atoms with Crippen molar-refractivity contribution in [1.82, 2.24) is 10.2 Å². The molecule has 6 nitrogen and oxygen atoms in total. The Morgan fingerprint density at radius 1 is 1.36 bits per heavy atom. The molecule has 8 heteroatoms. The van der Waals surface area contributed by atoms with Gasteiger partial charge in [-0.25, -0.2) is 9.18 Å². The molecule has 2 fully saturated rings. The Labute approximate surface area is 170 Å². The molecule has 0 atom stereocenters. The Morgan fingerprint density at radius 3 is 2.64 bits per heavy atom. The van der Waals surface area contributed by atoms with E-state index in [1.165, 1.54) is 6.07 Å². The molecule has 1 aromatic rings. The standard InChI is InChI=1S/C20H28ClFN2O4/c1-19(2,3)28-18(25)24-10-20(11-24)12-26-17(27-13-20)6-7-23-9-14-4-5-15(21)16(22)8-14/h4-5,8,17,23H,6-7,9-13H2,1-3H3. The van der Waals surface area contributed by atoms with Gasteiger partial charge < -0.3 is 24.4 Å². The first kappa shape index (κ1) is 21.3. The Morgan fingerprint density at radius 2 is 2.04 bits per heavy atom. The Balaban J connectivity index is 1.32. The number of hydrogen-bond acceptors (Lipinski definition) is 5. The van der Waals surface area contributed by atoms with Gasteiger partial charge in [-0.2, -0.15) is 0 Å². The highest BCUT2D eigenvalue weighted by atomic mass is 35.5. The maximum Gasteiger partial charge on any atom is 0.410 e. The van der Waals surface area contributed by atoms with Gasteiger partial charge in [0.25, 0.3) is 0 Å². The number of nitrogens with one attached hydrogen (secondary N) is 1. The van der Waals surface area contributed by atoms with Crippen LogP contribution in [0.2, 0.25) is 5.02 Å². The van der Waals surface area contributed by atoms with E-state index in [1.54, 1.807) is 17.0 Å². The van der Waals surface area contributed by atoms with Gasteiger partial charge in [0.15, 0.2) is 6.29 Å². The van der Waals surface area contributed by atoms with E-state index in [0.717, 1.165) is 5.56 Å². The summed E-state index contributed by atoms with van der Waals surface area (Å²) in [6, 6.07) is 4.78. The molecule has 1 aromatic carbocycles. The lowest BCUT2D eigenvalue weighted by atomic mass is 9.81. The molecule has 0 aromatic heterocycles. The number of halogens is 2. The summed E-state index contributed by atoms with van der Waals surface area (Å²) >= 11 is 5.68. The van der Waals surface area contributed by atoms with Crippen LogP contribution in [-0.4, -0.2) is 55.7 Å². The van der Waals surface area contributed by atoms with Gasteiger partial charge in [0.05, 0.1) is 23.7 Å². The number of rotatable bonds is 5. The summed E-state index contributed by atoms with van der Waals surface area (Å²) in [5, 5.41) is 3.38. The number of ether oxygens (including phenoxy) is 3. The third kappa shape index (κ3) is 5.56. The topological polar surface area (TPSA) is 60.0 Å². The van der Waals surface area contributed by atoms with Crippen LogP contribution in [0.25, 0.3) is 0 Å². The van der Waals surface area contributed by atoms with Crippen LogP contribution in [0, 0.1) is 11.2 Å². The Kier molecular flexibility index (Phi) is 6.49. The molecule has 0 unspecified atom stereocenters. The molecule has 2 aliphatic heterocycles. The average molecular weight is 415 g/mol. The summed E-state index contributed by atoms with van der Waals surface area (Å²) < 4.78 is 30.5. The van der Waals surface area contributed by atoms with Crippen LogP contribution in [0.5, 0.6) is 0 Å². The zero-order valence-corrected chi connectivity index (χ0v) is 17.4. The van der Waals surface area contributed by atoms with Gasteiger partial charge in [0, 0.05) is 32.6 Å². The molecule has 1 spiro atoms. The van der Waals surface area contributed by atoms with Crippen LogP contribution >= 0.6 is 11.6 Å². The number of hydrogen-bond donors (Lipinski definition) is 1. The second kappa shape index (κ2) is 8.53. The van der Waals surface area contributed by atoms with Gasteiger partial charge in [0.1, 0.15) is 11.4 Å². The van der Waals surface area contributed by atoms with Gasteiger partial charge in [-0.05, 0) is 38.5 Å². The van der Waals surface area contributed by atoms with Crippen LogP contribution in [0.4, 0.5) is 9.18 Å². The van der Waals surface area contributed by atoms with Crippen molar-refractivity contribution >= 4 is 17.7 Å². The van der Waals surface area contributed by atoms with Crippen molar-refractivity contribution in [3.63, 3.8) is 0 Å². The molecule has 3 rings (SSSR count). The summed E-state index contributed by atoms with van der Waals surface area (Å²) in [4.78, 5) is 13.7. The van der Waals surface area contributed by atoms with Crippen molar-refractivity contribution in [3.05, 3.63) is 34.6 Å². The van der Waals surface area contributed by atoms with Gasteiger partial charge >= 0.3 is 6.09 Å². The highest BCUT2D eigenvalue weighted by Gasteiger charge is 2.49. The fraction of sp³-hybridized carbons (Fsp3) is 0.650. The number of carbonyl (C=O) groups excluding carboxylic acids is 1. The predicted octanol–water partition coefficient (Wildman–Crippen LogP) is 3.57. The predicted molar refractivity (Wildman–Crippen MR) is 104 cm³/mol. The normalized spacial score (nSPS) is 19.5. The Bertz CT molecular complexity index is 694. The third-order valence-corrected chi connectivity index (χ3v) is 5.03. The molecule has 1 N–H and O–H groups in total. The van der Waals surface area contributed by atoms with Gasteiger partial charge in [-0.3, -0.25) is 0 Å². The maximum absolute atomic E-state index is 13.4. The van der Waals surface area contributed by atoms with E-state index in [2.05, 4.69) is 5.32 Å². The lowest BCUT2D eigenvalue weighted by Gasteiger charge is -2.52. The summed E-state index contributed by atoms with van der Waals surface area (Å²) in [6.45, 7) is 9.13. The maximum atomic E-state index is 13.4. The summed E-state index contributed by atoms with van der Waals surface area (Å²) in [5.41, 5.74) is 0.222. The molecule has 0 bridgehead atoms. The van der Waals surface area contributed by atoms with Crippen LogP contribution in [-0.2, 0) is 20.8 Å². The van der Waals surface area contributed by atoms with Crippen LogP contribution in [0.15, 0.2) is 18.2 Å². The fourth-order valence-electron chi connectivity index (χ4n) is 3.30. The van der Waals surface area contributed by atoms with Crippen molar-refractivity contribution in [2.24, 2.45) is 5.41 Å².